The molecule has 1 N–H and O–H groups in total. The number of benzene rings is 1. The third-order valence-corrected chi connectivity index (χ3v) is 4.86. The Morgan fingerprint density at radius 3 is 2.85 bits per heavy atom. The van der Waals surface area contributed by atoms with Gasteiger partial charge in [-0.25, -0.2) is 13.9 Å². The summed E-state index contributed by atoms with van der Waals surface area (Å²) in [6.45, 7) is 7.47. The molecular formula is C19H24FN5O2. The Hall–Kier alpha value is -2.90. The van der Waals surface area contributed by atoms with Gasteiger partial charge in [0.1, 0.15) is 17.7 Å². The van der Waals surface area contributed by atoms with Crippen LogP contribution in [0.4, 0.5) is 15.0 Å². The van der Waals surface area contributed by atoms with Crippen LogP contribution in [0.25, 0.3) is 0 Å². The minimum Gasteiger partial charge on any atom is -0.339 e. The molecule has 0 aliphatic carbocycles. The Balaban J connectivity index is 1.75. The van der Waals surface area contributed by atoms with Crippen molar-refractivity contribution in [3.8, 4) is 0 Å². The number of halogens is 1. The summed E-state index contributed by atoms with van der Waals surface area (Å²) < 4.78 is 15.0. The molecule has 0 bridgehead atoms. The van der Waals surface area contributed by atoms with E-state index >= 15 is 0 Å². The standard InChI is InChI=1S/C19H24FN5O2/c1-4-23-8-9-24(14(3)18(23)26)19(27)22-17-13(2)11-21-25(17)12-15-6-5-7-16(20)10-15/h5-7,10-11,14H,4,8-9,12H2,1-3H3,(H,22,27)/t14-/m1/s1. The number of piperazine rings is 1. The second kappa shape index (κ2) is 7.77. The topological polar surface area (TPSA) is 70.5 Å². The van der Waals surface area contributed by atoms with Gasteiger partial charge in [-0.2, -0.15) is 5.10 Å². The molecule has 1 aliphatic rings. The number of aryl methyl sites for hydroxylation is 1. The summed E-state index contributed by atoms with van der Waals surface area (Å²) in [5.41, 5.74) is 1.54. The number of nitrogens with one attached hydrogen (secondary N) is 1. The van der Waals surface area contributed by atoms with Crippen LogP contribution in [-0.4, -0.2) is 57.2 Å². The van der Waals surface area contributed by atoms with Crippen LogP contribution in [0.1, 0.15) is 25.0 Å². The highest BCUT2D eigenvalue weighted by atomic mass is 19.1. The highest BCUT2D eigenvalue weighted by Crippen LogP contribution is 2.19. The van der Waals surface area contributed by atoms with E-state index in [1.807, 2.05) is 13.8 Å². The Kier molecular flexibility index (Phi) is 5.43. The monoisotopic (exact) mass is 373 g/mol. The lowest BCUT2D eigenvalue weighted by Crippen LogP contribution is -2.58. The molecule has 7 nitrogen and oxygen atoms in total. The van der Waals surface area contributed by atoms with Crippen molar-refractivity contribution in [1.82, 2.24) is 19.6 Å². The van der Waals surface area contributed by atoms with E-state index < -0.39 is 6.04 Å². The molecule has 2 heterocycles. The summed E-state index contributed by atoms with van der Waals surface area (Å²) in [6.07, 6.45) is 1.65. The quantitative estimate of drug-likeness (QED) is 0.895. The van der Waals surface area contributed by atoms with Gasteiger partial charge in [-0.05, 0) is 38.5 Å². The lowest BCUT2D eigenvalue weighted by Gasteiger charge is -2.38. The molecule has 0 spiro atoms. The number of anilines is 1. The fraction of sp³-hybridized carbons (Fsp3) is 0.421. The van der Waals surface area contributed by atoms with Gasteiger partial charge in [0.2, 0.25) is 5.91 Å². The molecule has 1 fully saturated rings. The van der Waals surface area contributed by atoms with Crippen LogP contribution in [0.5, 0.6) is 0 Å². The highest BCUT2D eigenvalue weighted by molar-refractivity contribution is 5.94. The molecule has 1 atom stereocenters. The Morgan fingerprint density at radius 1 is 1.37 bits per heavy atom. The van der Waals surface area contributed by atoms with Crippen molar-refractivity contribution in [3.63, 3.8) is 0 Å². The number of carbonyl (C=O) groups excluding carboxylic acids is 2. The molecule has 27 heavy (non-hydrogen) atoms. The first-order valence-corrected chi connectivity index (χ1v) is 9.04. The normalized spacial score (nSPS) is 17.3. The molecular weight excluding hydrogens is 349 g/mol. The maximum Gasteiger partial charge on any atom is 0.323 e. The lowest BCUT2D eigenvalue weighted by molar-refractivity contribution is -0.138. The van der Waals surface area contributed by atoms with E-state index in [0.29, 0.717) is 32.0 Å². The summed E-state index contributed by atoms with van der Waals surface area (Å²) in [4.78, 5) is 28.4. The second-order valence-corrected chi connectivity index (χ2v) is 6.68. The van der Waals surface area contributed by atoms with Crippen molar-refractivity contribution in [1.29, 1.82) is 0 Å². The first kappa shape index (κ1) is 18.9. The van der Waals surface area contributed by atoms with E-state index in [-0.39, 0.29) is 17.8 Å². The average molecular weight is 373 g/mol. The second-order valence-electron chi connectivity index (χ2n) is 6.68. The number of hydrogen-bond acceptors (Lipinski definition) is 3. The van der Waals surface area contributed by atoms with Crippen LogP contribution in [-0.2, 0) is 11.3 Å². The van der Waals surface area contributed by atoms with Gasteiger partial charge in [0, 0.05) is 25.2 Å². The first-order chi connectivity index (χ1) is 12.9. The van der Waals surface area contributed by atoms with Crippen LogP contribution >= 0.6 is 0 Å². The zero-order valence-corrected chi connectivity index (χ0v) is 15.8. The Labute approximate surface area is 157 Å². The number of hydrogen-bond donors (Lipinski definition) is 1. The zero-order valence-electron chi connectivity index (χ0n) is 15.8. The SMILES string of the molecule is CCN1CCN(C(=O)Nc2c(C)cnn2Cc2cccc(F)c2)[C@H](C)C1=O. The van der Waals surface area contributed by atoms with Crippen molar-refractivity contribution in [2.45, 2.75) is 33.4 Å². The van der Waals surface area contributed by atoms with Gasteiger partial charge in [-0.15, -0.1) is 0 Å². The van der Waals surface area contributed by atoms with Crippen LogP contribution in [0, 0.1) is 12.7 Å². The van der Waals surface area contributed by atoms with Gasteiger partial charge in [0.05, 0.1) is 12.7 Å². The van der Waals surface area contributed by atoms with Crippen molar-refractivity contribution in [3.05, 3.63) is 47.4 Å². The molecule has 3 rings (SSSR count). The number of carbonyl (C=O) groups is 2. The van der Waals surface area contributed by atoms with Crippen molar-refractivity contribution in [2.24, 2.45) is 0 Å². The number of aromatic nitrogens is 2. The van der Waals surface area contributed by atoms with Crippen molar-refractivity contribution in [2.75, 3.05) is 25.0 Å². The van der Waals surface area contributed by atoms with Crippen LogP contribution < -0.4 is 5.32 Å². The van der Waals surface area contributed by atoms with E-state index in [4.69, 9.17) is 0 Å². The van der Waals surface area contributed by atoms with Gasteiger partial charge in [-0.3, -0.25) is 10.1 Å². The fourth-order valence-corrected chi connectivity index (χ4v) is 3.26. The zero-order chi connectivity index (χ0) is 19.6. The van der Waals surface area contributed by atoms with E-state index in [0.717, 1.165) is 11.1 Å². The third kappa shape index (κ3) is 3.94. The predicted molar refractivity (Wildman–Crippen MR) is 99.9 cm³/mol. The summed E-state index contributed by atoms with van der Waals surface area (Å²) in [5.74, 6) is 0.175. The number of rotatable bonds is 4. The van der Waals surface area contributed by atoms with Gasteiger partial charge >= 0.3 is 6.03 Å². The molecule has 8 heteroatoms. The van der Waals surface area contributed by atoms with E-state index in [1.54, 1.807) is 34.8 Å². The maximum atomic E-state index is 13.4. The Morgan fingerprint density at radius 2 is 2.15 bits per heavy atom. The molecule has 0 radical (unpaired) electrons. The lowest BCUT2D eigenvalue weighted by atomic mass is 10.2. The highest BCUT2D eigenvalue weighted by Gasteiger charge is 2.34. The number of urea groups is 1. The van der Waals surface area contributed by atoms with E-state index in [9.17, 15) is 14.0 Å². The fourth-order valence-electron chi connectivity index (χ4n) is 3.26. The number of likely N-dealkylation sites (N-methyl/N-ethyl adjacent to an activating group) is 1. The number of nitrogens with zero attached hydrogens (tertiary/aromatic N) is 4. The number of amides is 3. The first-order valence-electron chi connectivity index (χ1n) is 9.04. The van der Waals surface area contributed by atoms with Gasteiger partial charge in [-0.1, -0.05) is 12.1 Å². The van der Waals surface area contributed by atoms with Gasteiger partial charge in [0.25, 0.3) is 0 Å². The summed E-state index contributed by atoms with van der Waals surface area (Å²) in [6, 6.07) is 5.41. The largest absolute Gasteiger partial charge is 0.339 e. The third-order valence-electron chi connectivity index (χ3n) is 4.86. The minimum atomic E-state index is -0.515. The molecule has 1 aromatic carbocycles. The Bertz CT molecular complexity index is 850. The molecule has 0 unspecified atom stereocenters. The summed E-state index contributed by atoms with van der Waals surface area (Å²) in [5, 5.41) is 7.15. The molecule has 1 saturated heterocycles. The molecule has 144 valence electrons. The van der Waals surface area contributed by atoms with Crippen LogP contribution in [0.2, 0.25) is 0 Å². The van der Waals surface area contributed by atoms with Crippen LogP contribution in [0.3, 0.4) is 0 Å². The van der Waals surface area contributed by atoms with Crippen molar-refractivity contribution < 1.29 is 14.0 Å². The summed E-state index contributed by atoms with van der Waals surface area (Å²) >= 11 is 0. The molecule has 1 aromatic heterocycles. The maximum absolute atomic E-state index is 13.4. The molecule has 3 amide bonds. The van der Waals surface area contributed by atoms with Crippen molar-refractivity contribution >= 4 is 17.8 Å². The predicted octanol–water partition coefficient (Wildman–Crippen LogP) is 2.46. The summed E-state index contributed by atoms with van der Waals surface area (Å²) in [7, 11) is 0. The molecule has 1 aliphatic heterocycles. The van der Waals surface area contributed by atoms with Gasteiger partial charge < -0.3 is 9.80 Å². The van der Waals surface area contributed by atoms with Gasteiger partial charge in [0.15, 0.2) is 0 Å². The van der Waals surface area contributed by atoms with Crippen LogP contribution in [0.15, 0.2) is 30.5 Å². The smallest absolute Gasteiger partial charge is 0.323 e. The molecule has 0 saturated carbocycles. The van der Waals surface area contributed by atoms with E-state index in [1.165, 1.54) is 17.0 Å². The molecule has 2 aromatic rings. The average Bonchev–Trinajstić information content (AvgIpc) is 2.97. The van der Waals surface area contributed by atoms with E-state index in [2.05, 4.69) is 10.4 Å². The minimum absolute atomic E-state index is 0.0520.